The van der Waals surface area contributed by atoms with Crippen LogP contribution in [0.2, 0.25) is 0 Å². The van der Waals surface area contributed by atoms with E-state index in [2.05, 4.69) is 104 Å². The number of thioether (sulfide) groups is 1. The highest BCUT2D eigenvalue weighted by Crippen LogP contribution is 2.54. The molecule has 1 N–H and O–H groups in total. The number of unbranched alkanes of at least 4 members (excludes halogenated alkanes) is 1. The molecule has 0 amide bonds. The van der Waals surface area contributed by atoms with Gasteiger partial charge in [0.2, 0.25) is 5.30 Å². The van der Waals surface area contributed by atoms with Crippen LogP contribution < -0.4 is 26.8 Å². The van der Waals surface area contributed by atoms with E-state index in [0.717, 1.165) is 50.4 Å². The van der Waals surface area contributed by atoms with E-state index in [0.29, 0.717) is 5.82 Å². The van der Waals surface area contributed by atoms with E-state index in [9.17, 15) is 4.79 Å². The van der Waals surface area contributed by atoms with Crippen LogP contribution in [0.4, 0.5) is 0 Å². The number of aryl methyl sites for hydroxylation is 1. The molecule has 5 aromatic rings. The van der Waals surface area contributed by atoms with Crippen molar-refractivity contribution >= 4 is 40.2 Å². The van der Waals surface area contributed by atoms with E-state index < -0.39 is 7.26 Å². The van der Waals surface area contributed by atoms with E-state index in [1.165, 1.54) is 5.56 Å². The lowest BCUT2D eigenvalue weighted by atomic mass is 10.1. The van der Waals surface area contributed by atoms with Crippen LogP contribution in [0.15, 0.2) is 125 Å². The predicted octanol–water partition coefficient (Wildman–Crippen LogP) is 6.26. The minimum Gasteiger partial charge on any atom is -0.303 e. The summed E-state index contributed by atoms with van der Waals surface area (Å²) in [5.74, 6) is 1.52. The van der Waals surface area contributed by atoms with Crippen LogP contribution in [0.3, 0.4) is 0 Å². The highest BCUT2D eigenvalue weighted by atomic mass is 32.2. The molecule has 3 nitrogen and oxygen atoms in total. The SMILES string of the molecule is CCCCSc1nc(-c2ccc(C)cc2)[nH]c(=O)c1[P+](c1ccccc1)(c1ccccc1)c1ccccc1. The monoisotopic (exact) mass is 535 g/mol. The van der Waals surface area contributed by atoms with Crippen molar-refractivity contribution in [3.05, 3.63) is 131 Å². The topological polar surface area (TPSA) is 45.8 Å². The van der Waals surface area contributed by atoms with Gasteiger partial charge in [-0.2, -0.15) is 0 Å². The molecule has 0 saturated heterocycles. The summed E-state index contributed by atoms with van der Waals surface area (Å²) in [7, 11) is -2.58. The number of benzene rings is 4. The highest BCUT2D eigenvalue weighted by Gasteiger charge is 2.52. The highest BCUT2D eigenvalue weighted by molar-refractivity contribution is 8.04. The number of aromatic amines is 1. The van der Waals surface area contributed by atoms with E-state index in [1.807, 2.05) is 30.3 Å². The molecular formula is C33H32N2OPS+. The molecule has 0 saturated carbocycles. The third-order valence-electron chi connectivity index (χ3n) is 6.69. The lowest BCUT2D eigenvalue weighted by Crippen LogP contribution is -2.46. The van der Waals surface area contributed by atoms with Gasteiger partial charge in [0.1, 0.15) is 26.8 Å². The standard InChI is InChI=1S/C33H31N2OPS/c1-3-4-24-38-33-30(32(36)34-31(35-33)26-22-20-25(2)21-23-26)37(27-14-8-5-9-15-27,28-16-10-6-11-17-28)29-18-12-7-13-19-29/h5-23H,3-4,24H2,1-2H3/p+1. The fraction of sp³-hybridized carbons (Fsp3) is 0.152. The maximum absolute atomic E-state index is 14.4. The minimum atomic E-state index is -2.58. The van der Waals surface area contributed by atoms with Gasteiger partial charge >= 0.3 is 0 Å². The van der Waals surface area contributed by atoms with E-state index >= 15 is 0 Å². The molecule has 5 heteroatoms. The van der Waals surface area contributed by atoms with Gasteiger partial charge in [0.15, 0.2) is 7.26 Å². The molecule has 0 aliphatic heterocycles. The normalized spacial score (nSPS) is 11.4. The van der Waals surface area contributed by atoms with Gasteiger partial charge in [-0.3, -0.25) is 4.79 Å². The smallest absolute Gasteiger partial charge is 0.296 e. The Kier molecular flexibility index (Phi) is 8.22. The molecule has 1 heterocycles. The first-order chi connectivity index (χ1) is 18.6. The average Bonchev–Trinajstić information content (AvgIpc) is 2.97. The fourth-order valence-electron chi connectivity index (χ4n) is 4.79. The van der Waals surface area contributed by atoms with Crippen LogP contribution in [0.1, 0.15) is 25.3 Å². The molecule has 5 rings (SSSR count). The summed E-state index contributed by atoms with van der Waals surface area (Å²) in [6.07, 6.45) is 2.15. The van der Waals surface area contributed by atoms with Gasteiger partial charge in [0.05, 0.1) is 0 Å². The zero-order valence-electron chi connectivity index (χ0n) is 21.8. The minimum absolute atomic E-state index is 0.0699. The van der Waals surface area contributed by atoms with Gasteiger partial charge in [0.25, 0.3) is 5.56 Å². The lowest BCUT2D eigenvalue weighted by Gasteiger charge is -2.28. The summed E-state index contributed by atoms with van der Waals surface area (Å²) >= 11 is 1.71. The summed E-state index contributed by atoms with van der Waals surface area (Å²) in [6, 6.07) is 39.7. The zero-order valence-corrected chi connectivity index (χ0v) is 23.5. The van der Waals surface area contributed by atoms with E-state index in [4.69, 9.17) is 4.98 Å². The molecule has 0 atom stereocenters. The average molecular weight is 536 g/mol. The quantitative estimate of drug-likeness (QED) is 0.105. The maximum Gasteiger partial charge on any atom is 0.296 e. The molecule has 1 aromatic heterocycles. The molecule has 0 bridgehead atoms. The summed E-state index contributed by atoms with van der Waals surface area (Å²) in [6.45, 7) is 4.26. The first-order valence-electron chi connectivity index (χ1n) is 13.0. The van der Waals surface area contributed by atoms with Gasteiger partial charge in [0, 0.05) is 5.56 Å². The van der Waals surface area contributed by atoms with Crippen molar-refractivity contribution in [1.82, 2.24) is 9.97 Å². The second-order valence-corrected chi connectivity index (χ2v) is 13.7. The third kappa shape index (κ3) is 5.12. The van der Waals surface area contributed by atoms with Crippen LogP contribution in [0.5, 0.6) is 0 Å². The first-order valence-corrected chi connectivity index (χ1v) is 15.8. The number of nitrogens with zero attached hydrogens (tertiary/aromatic N) is 1. The van der Waals surface area contributed by atoms with Crippen molar-refractivity contribution in [2.45, 2.75) is 31.7 Å². The third-order valence-corrected chi connectivity index (χ3v) is 12.2. The number of hydrogen-bond donors (Lipinski definition) is 1. The summed E-state index contributed by atoms with van der Waals surface area (Å²) in [5, 5.41) is 5.03. The van der Waals surface area contributed by atoms with E-state index in [-0.39, 0.29) is 5.56 Å². The number of rotatable bonds is 9. The van der Waals surface area contributed by atoms with Crippen LogP contribution in [-0.2, 0) is 0 Å². The van der Waals surface area contributed by atoms with Crippen molar-refractivity contribution in [2.75, 3.05) is 5.75 Å². The zero-order chi connectivity index (χ0) is 26.4. The van der Waals surface area contributed by atoms with Crippen LogP contribution in [0, 0.1) is 6.92 Å². The lowest BCUT2D eigenvalue weighted by molar-refractivity contribution is 0.894. The molecule has 0 fully saturated rings. The van der Waals surface area contributed by atoms with Gasteiger partial charge in [-0.05, 0) is 55.5 Å². The number of aromatic nitrogens is 2. The number of hydrogen-bond acceptors (Lipinski definition) is 3. The summed E-state index contributed by atoms with van der Waals surface area (Å²) < 4.78 is 0. The Morgan fingerprint density at radius 3 is 1.71 bits per heavy atom. The number of H-pyrrole nitrogens is 1. The van der Waals surface area contributed by atoms with Gasteiger partial charge in [-0.25, -0.2) is 4.98 Å². The Bertz CT molecular complexity index is 1440. The predicted molar refractivity (Wildman–Crippen MR) is 165 cm³/mol. The number of nitrogens with one attached hydrogen (secondary N) is 1. The van der Waals surface area contributed by atoms with Crippen molar-refractivity contribution < 1.29 is 0 Å². The van der Waals surface area contributed by atoms with Crippen LogP contribution in [0.25, 0.3) is 11.4 Å². The van der Waals surface area contributed by atoms with Crippen molar-refractivity contribution in [1.29, 1.82) is 0 Å². The fourth-order valence-corrected chi connectivity index (χ4v) is 10.6. The maximum atomic E-state index is 14.4. The Labute approximate surface area is 229 Å². The molecule has 0 aliphatic carbocycles. The largest absolute Gasteiger partial charge is 0.303 e. The first kappa shape index (κ1) is 26.2. The molecule has 0 radical (unpaired) electrons. The Balaban J connectivity index is 1.88. The van der Waals surface area contributed by atoms with E-state index in [1.54, 1.807) is 11.8 Å². The molecule has 0 spiro atoms. The summed E-state index contributed by atoms with van der Waals surface area (Å²) in [5.41, 5.74) is 2.02. The molecule has 190 valence electrons. The summed E-state index contributed by atoms with van der Waals surface area (Å²) in [4.78, 5) is 22.8. The van der Waals surface area contributed by atoms with Crippen molar-refractivity contribution in [3.8, 4) is 11.4 Å². The second-order valence-electron chi connectivity index (χ2n) is 9.31. The molecule has 38 heavy (non-hydrogen) atoms. The molecule has 0 unspecified atom stereocenters. The van der Waals surface area contributed by atoms with Gasteiger partial charge in [-0.15, -0.1) is 11.8 Å². The molecule has 0 aliphatic rings. The molecular weight excluding hydrogens is 503 g/mol. The Hall–Kier alpha value is -3.46. The van der Waals surface area contributed by atoms with Crippen molar-refractivity contribution in [2.24, 2.45) is 0 Å². The van der Waals surface area contributed by atoms with Crippen molar-refractivity contribution in [3.63, 3.8) is 0 Å². The second kappa shape index (κ2) is 11.9. The Morgan fingerprint density at radius 2 is 1.24 bits per heavy atom. The van der Waals surface area contributed by atoms with Gasteiger partial charge < -0.3 is 4.98 Å². The van der Waals surface area contributed by atoms with Gasteiger partial charge in [-0.1, -0.05) is 97.8 Å². The Morgan fingerprint density at radius 1 is 0.737 bits per heavy atom. The molecule has 4 aromatic carbocycles. The van der Waals surface area contributed by atoms with Crippen LogP contribution >= 0.6 is 19.0 Å². The van der Waals surface area contributed by atoms with Crippen LogP contribution in [-0.4, -0.2) is 15.7 Å².